The van der Waals surface area contributed by atoms with E-state index in [2.05, 4.69) is 11.8 Å². The van der Waals surface area contributed by atoms with Crippen LogP contribution < -0.4 is 10.5 Å². The highest BCUT2D eigenvalue weighted by atomic mass is 16.5. The first-order chi connectivity index (χ1) is 8.79. The van der Waals surface area contributed by atoms with Crippen LogP contribution in [0.15, 0.2) is 24.3 Å². The van der Waals surface area contributed by atoms with Gasteiger partial charge in [-0.2, -0.15) is 0 Å². The Hall–Kier alpha value is -1.22. The predicted molar refractivity (Wildman–Crippen MR) is 75.9 cm³/mol. The van der Waals surface area contributed by atoms with Crippen molar-refractivity contribution < 1.29 is 4.74 Å². The lowest BCUT2D eigenvalue weighted by atomic mass is 10.3. The second-order valence-electron chi connectivity index (χ2n) is 5.04. The summed E-state index contributed by atoms with van der Waals surface area (Å²) in [6.45, 7) is 5.40. The minimum atomic E-state index is 0.762. The summed E-state index contributed by atoms with van der Waals surface area (Å²) >= 11 is 0. The monoisotopic (exact) mass is 248 g/mol. The minimum Gasteiger partial charge on any atom is -0.493 e. The number of nitrogens with two attached hydrogens (primary N) is 1. The molecule has 1 saturated carbocycles. The van der Waals surface area contributed by atoms with E-state index < -0.39 is 0 Å². The van der Waals surface area contributed by atoms with Crippen LogP contribution in [0.4, 0.5) is 5.69 Å². The van der Waals surface area contributed by atoms with Crippen LogP contribution in [0.1, 0.15) is 32.6 Å². The smallest absolute Gasteiger partial charge is 0.121 e. The molecule has 1 aromatic carbocycles. The molecule has 18 heavy (non-hydrogen) atoms. The molecule has 3 nitrogen and oxygen atoms in total. The highest BCUT2D eigenvalue weighted by Gasteiger charge is 2.27. The first kappa shape index (κ1) is 13.2. The zero-order valence-electron chi connectivity index (χ0n) is 11.3. The van der Waals surface area contributed by atoms with E-state index in [4.69, 9.17) is 10.5 Å². The fourth-order valence-corrected chi connectivity index (χ4v) is 2.27. The van der Waals surface area contributed by atoms with E-state index in [9.17, 15) is 0 Å². The molecule has 0 aliphatic heterocycles. The lowest BCUT2D eigenvalue weighted by molar-refractivity contribution is 0.227. The molecule has 2 N–H and O–H groups in total. The van der Waals surface area contributed by atoms with Crippen LogP contribution in [0, 0.1) is 0 Å². The molecule has 1 fully saturated rings. The summed E-state index contributed by atoms with van der Waals surface area (Å²) in [4.78, 5) is 2.60. The van der Waals surface area contributed by atoms with Gasteiger partial charge in [-0.15, -0.1) is 0 Å². The summed E-state index contributed by atoms with van der Waals surface area (Å²) in [5.74, 6) is 0.878. The molecule has 0 spiro atoms. The molecular weight excluding hydrogens is 224 g/mol. The van der Waals surface area contributed by atoms with Crippen LogP contribution in [0.3, 0.4) is 0 Å². The Labute approximate surface area is 110 Å². The Morgan fingerprint density at radius 2 is 2.17 bits per heavy atom. The molecule has 0 amide bonds. The van der Waals surface area contributed by atoms with Crippen molar-refractivity contribution in [2.75, 3.05) is 25.4 Å². The van der Waals surface area contributed by atoms with Gasteiger partial charge in [-0.3, -0.25) is 0 Å². The van der Waals surface area contributed by atoms with E-state index >= 15 is 0 Å². The number of rotatable bonds is 8. The average molecular weight is 248 g/mol. The summed E-state index contributed by atoms with van der Waals surface area (Å²) < 4.78 is 5.71. The van der Waals surface area contributed by atoms with Crippen LogP contribution >= 0.6 is 0 Å². The van der Waals surface area contributed by atoms with Gasteiger partial charge >= 0.3 is 0 Å². The van der Waals surface area contributed by atoms with Gasteiger partial charge in [0.25, 0.3) is 0 Å². The molecule has 0 aromatic heterocycles. The lowest BCUT2D eigenvalue weighted by Gasteiger charge is -2.21. The summed E-state index contributed by atoms with van der Waals surface area (Å²) in [6, 6.07) is 8.50. The predicted octanol–water partition coefficient (Wildman–Crippen LogP) is 2.91. The van der Waals surface area contributed by atoms with E-state index in [1.165, 1.54) is 25.8 Å². The normalized spacial score (nSPS) is 15.0. The molecule has 0 atom stereocenters. The highest BCUT2D eigenvalue weighted by Crippen LogP contribution is 2.26. The van der Waals surface area contributed by atoms with Gasteiger partial charge in [0.2, 0.25) is 0 Å². The van der Waals surface area contributed by atoms with Gasteiger partial charge in [0, 0.05) is 24.3 Å². The van der Waals surface area contributed by atoms with Gasteiger partial charge in [0.1, 0.15) is 5.75 Å². The van der Waals surface area contributed by atoms with Gasteiger partial charge in [-0.1, -0.05) is 13.0 Å². The zero-order valence-corrected chi connectivity index (χ0v) is 11.3. The Morgan fingerprint density at radius 3 is 2.83 bits per heavy atom. The molecule has 1 aliphatic rings. The molecule has 2 rings (SSSR count). The largest absolute Gasteiger partial charge is 0.493 e. The first-order valence-corrected chi connectivity index (χ1v) is 7.02. The average Bonchev–Trinajstić information content (AvgIpc) is 3.17. The van der Waals surface area contributed by atoms with Gasteiger partial charge in [0.15, 0.2) is 0 Å². The summed E-state index contributed by atoms with van der Waals surface area (Å²) in [5.41, 5.74) is 6.47. The van der Waals surface area contributed by atoms with Crippen molar-refractivity contribution in [1.82, 2.24) is 4.90 Å². The number of nitrogens with zero attached hydrogens (tertiary/aromatic N) is 1. The van der Waals surface area contributed by atoms with Crippen LogP contribution in [0.2, 0.25) is 0 Å². The number of ether oxygens (including phenoxy) is 1. The number of benzene rings is 1. The van der Waals surface area contributed by atoms with E-state index in [-0.39, 0.29) is 0 Å². The van der Waals surface area contributed by atoms with Crippen molar-refractivity contribution in [3.63, 3.8) is 0 Å². The Balaban J connectivity index is 1.65. The molecule has 0 saturated heterocycles. The topological polar surface area (TPSA) is 38.5 Å². The van der Waals surface area contributed by atoms with Crippen LogP contribution in [-0.2, 0) is 0 Å². The Kier molecular flexibility index (Phi) is 4.88. The third-order valence-corrected chi connectivity index (χ3v) is 3.29. The van der Waals surface area contributed by atoms with Crippen molar-refractivity contribution in [2.45, 2.75) is 38.6 Å². The fourth-order valence-electron chi connectivity index (χ4n) is 2.27. The molecule has 0 unspecified atom stereocenters. The number of nitrogen functional groups attached to an aromatic ring is 1. The Bertz CT molecular complexity index is 363. The minimum absolute atomic E-state index is 0.762. The van der Waals surface area contributed by atoms with E-state index in [0.717, 1.165) is 37.1 Å². The summed E-state index contributed by atoms with van der Waals surface area (Å²) in [7, 11) is 0. The number of hydrogen-bond acceptors (Lipinski definition) is 3. The van der Waals surface area contributed by atoms with Crippen molar-refractivity contribution in [3.05, 3.63) is 24.3 Å². The van der Waals surface area contributed by atoms with Gasteiger partial charge in [0.05, 0.1) is 6.61 Å². The fraction of sp³-hybridized carbons (Fsp3) is 0.600. The van der Waals surface area contributed by atoms with E-state index in [1.54, 1.807) is 0 Å². The molecule has 1 aliphatic carbocycles. The third kappa shape index (κ3) is 4.22. The number of hydrogen-bond donors (Lipinski definition) is 1. The van der Waals surface area contributed by atoms with Crippen molar-refractivity contribution in [1.29, 1.82) is 0 Å². The zero-order chi connectivity index (χ0) is 12.8. The standard InChI is InChI=1S/C15H24N2O/c1-2-9-17(14-7-8-14)10-4-11-18-15-6-3-5-13(16)12-15/h3,5-6,12,14H,2,4,7-11,16H2,1H3. The quantitative estimate of drug-likeness (QED) is 0.568. The SMILES string of the molecule is CCCN(CCCOc1cccc(N)c1)C1CC1. The van der Waals surface area contributed by atoms with E-state index in [1.807, 2.05) is 24.3 Å². The molecular formula is C15H24N2O. The van der Waals surface area contributed by atoms with Gasteiger partial charge < -0.3 is 15.4 Å². The molecule has 1 aromatic rings. The van der Waals surface area contributed by atoms with Gasteiger partial charge in [-0.25, -0.2) is 0 Å². The third-order valence-electron chi connectivity index (χ3n) is 3.29. The van der Waals surface area contributed by atoms with Crippen LogP contribution in [0.5, 0.6) is 5.75 Å². The molecule has 0 bridgehead atoms. The first-order valence-electron chi connectivity index (χ1n) is 7.02. The summed E-state index contributed by atoms with van der Waals surface area (Å²) in [5, 5.41) is 0. The highest BCUT2D eigenvalue weighted by molar-refractivity contribution is 5.43. The number of anilines is 1. The molecule has 3 heteroatoms. The maximum Gasteiger partial charge on any atom is 0.121 e. The lowest BCUT2D eigenvalue weighted by Crippen LogP contribution is -2.28. The maximum atomic E-state index is 5.71. The van der Waals surface area contributed by atoms with Crippen molar-refractivity contribution in [3.8, 4) is 5.75 Å². The van der Waals surface area contributed by atoms with Crippen molar-refractivity contribution in [2.24, 2.45) is 0 Å². The Morgan fingerprint density at radius 1 is 1.33 bits per heavy atom. The van der Waals surface area contributed by atoms with Crippen LogP contribution in [-0.4, -0.2) is 30.6 Å². The van der Waals surface area contributed by atoms with Gasteiger partial charge in [-0.05, 0) is 44.4 Å². The van der Waals surface area contributed by atoms with Crippen molar-refractivity contribution >= 4 is 5.69 Å². The second kappa shape index (κ2) is 6.64. The molecule has 0 radical (unpaired) electrons. The molecule has 100 valence electrons. The maximum absolute atomic E-state index is 5.71. The summed E-state index contributed by atoms with van der Waals surface area (Å²) in [6.07, 6.45) is 5.10. The molecule has 0 heterocycles. The van der Waals surface area contributed by atoms with Crippen LogP contribution in [0.25, 0.3) is 0 Å². The van der Waals surface area contributed by atoms with E-state index in [0.29, 0.717) is 0 Å². The second-order valence-corrected chi connectivity index (χ2v) is 5.04.